The van der Waals surface area contributed by atoms with Crippen LogP contribution in [0.1, 0.15) is 132 Å². The number of carbonyl (C=O) groups excluding carboxylic acids is 3. The number of ether oxygens (including phenoxy) is 1. The third kappa shape index (κ3) is 11.1. The number of benzene rings is 6. The number of carbonyl (C=O) groups is 3. The van der Waals surface area contributed by atoms with Crippen LogP contribution in [0.25, 0.3) is 0 Å². The average Bonchev–Trinajstić information content (AvgIpc) is 3.64. The first-order valence-electron chi connectivity index (χ1n) is 21.7. The zero-order chi connectivity index (χ0) is 46.4. The van der Waals surface area contributed by atoms with Crippen molar-refractivity contribution in [2.75, 3.05) is 11.9 Å². The second-order valence-corrected chi connectivity index (χ2v) is 15.1. The summed E-state index contributed by atoms with van der Waals surface area (Å²) in [5.74, 6) is 0.230. The molecule has 62 heavy (non-hydrogen) atoms. The minimum atomic E-state index is -1.31. The highest BCUT2D eigenvalue weighted by molar-refractivity contribution is 6.22. The van der Waals surface area contributed by atoms with Crippen molar-refractivity contribution in [2.24, 2.45) is 0 Å². The van der Waals surface area contributed by atoms with E-state index in [1.165, 1.54) is 28.6 Å². The number of imide groups is 1. The van der Waals surface area contributed by atoms with Crippen LogP contribution in [0.2, 0.25) is 0 Å². The second-order valence-electron chi connectivity index (χ2n) is 15.1. The molecule has 2 aliphatic rings. The van der Waals surface area contributed by atoms with E-state index >= 15 is 0 Å². The molecule has 0 radical (unpaired) electrons. The maximum atomic E-state index is 12.6. The third-order valence-electron chi connectivity index (χ3n) is 10.5. The van der Waals surface area contributed by atoms with Gasteiger partial charge in [0.15, 0.2) is 5.72 Å². The van der Waals surface area contributed by atoms with Gasteiger partial charge in [0.1, 0.15) is 11.5 Å². The highest BCUT2D eigenvalue weighted by Crippen LogP contribution is 2.42. The molecule has 0 saturated carbocycles. The summed E-state index contributed by atoms with van der Waals surface area (Å²) in [4.78, 5) is 39.8. The molecule has 7 nitrogen and oxygen atoms in total. The van der Waals surface area contributed by atoms with Crippen LogP contribution in [0, 0.1) is 27.7 Å². The summed E-state index contributed by atoms with van der Waals surface area (Å²) in [6, 6.07) is 44.9. The minimum Gasteiger partial charge on any atom is -0.457 e. The van der Waals surface area contributed by atoms with Crippen LogP contribution < -0.4 is 9.64 Å². The number of rotatable bonds is 5. The molecule has 1 N–H and O–H groups in total. The van der Waals surface area contributed by atoms with E-state index in [1.807, 2.05) is 134 Å². The topological polar surface area (TPSA) is 87.2 Å². The number of hydrogen-bond donors (Lipinski definition) is 1. The van der Waals surface area contributed by atoms with Crippen LogP contribution in [0.4, 0.5) is 5.69 Å². The quantitative estimate of drug-likeness (QED) is 0.175. The van der Waals surface area contributed by atoms with Gasteiger partial charge in [0.25, 0.3) is 17.7 Å². The number of anilines is 1. The summed E-state index contributed by atoms with van der Waals surface area (Å²) in [7, 11) is 1.48. The molecule has 0 fully saturated rings. The van der Waals surface area contributed by atoms with Crippen molar-refractivity contribution < 1.29 is 24.2 Å². The fourth-order valence-electron chi connectivity index (χ4n) is 7.16. The molecular weight excluding hydrogens is 769 g/mol. The molecule has 1 unspecified atom stereocenters. The Morgan fingerprint density at radius 2 is 1.00 bits per heavy atom. The van der Waals surface area contributed by atoms with Gasteiger partial charge in [-0.05, 0) is 93.8 Å². The first-order valence-corrected chi connectivity index (χ1v) is 21.7. The monoisotopic (exact) mass is 834 g/mol. The molecule has 1 atom stereocenters. The van der Waals surface area contributed by atoms with E-state index in [0.29, 0.717) is 39.4 Å². The van der Waals surface area contributed by atoms with Crippen LogP contribution in [-0.2, 0) is 11.1 Å². The van der Waals surface area contributed by atoms with Gasteiger partial charge in [0.05, 0.1) is 11.1 Å². The molecule has 0 bridgehead atoms. The third-order valence-corrected chi connectivity index (χ3v) is 10.5. The van der Waals surface area contributed by atoms with Crippen LogP contribution in [0.5, 0.6) is 11.5 Å². The summed E-state index contributed by atoms with van der Waals surface area (Å²) in [5.41, 5.74) is 8.24. The van der Waals surface area contributed by atoms with Gasteiger partial charge in [-0.3, -0.25) is 24.2 Å². The molecule has 0 saturated heterocycles. The van der Waals surface area contributed by atoms with E-state index in [1.54, 1.807) is 31.2 Å². The lowest BCUT2D eigenvalue weighted by Gasteiger charge is -2.31. The number of fused-ring (bicyclic) bond motifs is 2. The summed E-state index contributed by atoms with van der Waals surface area (Å²) < 4.78 is 5.98. The molecule has 8 rings (SSSR count). The van der Waals surface area contributed by atoms with Gasteiger partial charge in [-0.2, -0.15) is 0 Å². The number of aliphatic hydroxyl groups is 1. The number of aryl methyl sites for hydroxylation is 4. The molecule has 0 spiro atoms. The van der Waals surface area contributed by atoms with E-state index in [9.17, 15) is 19.5 Å². The Morgan fingerprint density at radius 3 is 1.50 bits per heavy atom. The van der Waals surface area contributed by atoms with E-state index < -0.39 is 5.72 Å². The van der Waals surface area contributed by atoms with Gasteiger partial charge in [-0.1, -0.05) is 169 Å². The SMILES string of the molecule is CC.CC.CC.Cc1ccc(C(C)(C)c2ccc(Oc3cccc4c3C(=O)N(C)C4=O)cc2)cc1.Cc1ccc(N2C(=O)c3cccc(C)c3C2(C)O)cc1.Cc1ccccc1. The standard InChI is InChI=1S/C25H23NO3.C17H17NO2.C7H8.3C2H6/c1-16-8-10-17(11-9-16)25(2,3)18-12-14-19(15-13-18)29-21-7-5-6-20-22(21)24(28)26(4)23(20)27;1-11-7-9-13(10-8-11)18-16(19)14-6-4-5-12(2)15(14)17(18,3)20;1-7-5-3-2-4-6-7;3*1-2/h5-15H,1-4H3;4-10,20H,1-3H3;2-6H,1H3;3*1-2H3. The Morgan fingerprint density at radius 1 is 0.532 bits per heavy atom. The molecule has 6 aromatic rings. The molecule has 2 heterocycles. The van der Waals surface area contributed by atoms with E-state index in [0.717, 1.165) is 21.6 Å². The minimum absolute atomic E-state index is 0.147. The fraction of sp³-hybridized carbons (Fsp3) is 0.291. The normalized spacial score (nSPS) is 14.5. The molecule has 0 aromatic heterocycles. The van der Waals surface area contributed by atoms with Crippen molar-refractivity contribution in [3.63, 3.8) is 0 Å². The molecule has 0 aliphatic carbocycles. The fourth-order valence-corrected chi connectivity index (χ4v) is 7.16. The Hall–Kier alpha value is -6.31. The van der Waals surface area contributed by atoms with Gasteiger partial charge in [-0.15, -0.1) is 0 Å². The summed E-state index contributed by atoms with van der Waals surface area (Å²) >= 11 is 0. The van der Waals surface area contributed by atoms with E-state index in [2.05, 4.69) is 64.1 Å². The van der Waals surface area contributed by atoms with Crippen molar-refractivity contribution in [1.29, 1.82) is 0 Å². The highest BCUT2D eigenvalue weighted by atomic mass is 16.5. The lowest BCUT2D eigenvalue weighted by Crippen LogP contribution is -2.41. The Balaban J connectivity index is 0.000000267. The van der Waals surface area contributed by atoms with Crippen molar-refractivity contribution in [3.8, 4) is 11.5 Å². The van der Waals surface area contributed by atoms with Crippen LogP contribution in [0.15, 0.2) is 140 Å². The van der Waals surface area contributed by atoms with Crippen molar-refractivity contribution in [2.45, 2.75) is 101 Å². The zero-order valence-electron chi connectivity index (χ0n) is 39.3. The lowest BCUT2D eigenvalue weighted by atomic mass is 9.78. The van der Waals surface area contributed by atoms with Crippen molar-refractivity contribution in [3.05, 3.63) is 195 Å². The summed E-state index contributed by atoms with van der Waals surface area (Å²) in [6.07, 6.45) is 0. The molecule has 2 aliphatic heterocycles. The molecular formula is C55H66N2O5. The van der Waals surface area contributed by atoms with Crippen LogP contribution in [-0.4, -0.2) is 34.8 Å². The molecule has 6 aromatic carbocycles. The number of nitrogens with zero attached hydrogens (tertiary/aromatic N) is 2. The van der Waals surface area contributed by atoms with Gasteiger partial charge in [0.2, 0.25) is 0 Å². The van der Waals surface area contributed by atoms with Gasteiger partial charge >= 0.3 is 0 Å². The predicted octanol–water partition coefficient (Wildman–Crippen LogP) is 13.5. The molecule has 3 amide bonds. The van der Waals surface area contributed by atoms with Gasteiger partial charge < -0.3 is 9.84 Å². The zero-order valence-corrected chi connectivity index (χ0v) is 39.3. The smallest absolute Gasteiger partial charge is 0.265 e. The lowest BCUT2D eigenvalue weighted by molar-refractivity contribution is 0.0549. The van der Waals surface area contributed by atoms with E-state index in [4.69, 9.17) is 4.74 Å². The average molecular weight is 835 g/mol. The molecule has 326 valence electrons. The predicted molar refractivity (Wildman–Crippen MR) is 257 cm³/mol. The number of amides is 3. The van der Waals surface area contributed by atoms with E-state index in [-0.39, 0.29) is 23.1 Å². The van der Waals surface area contributed by atoms with Crippen LogP contribution in [0.3, 0.4) is 0 Å². The Kier molecular flexibility index (Phi) is 18.2. The first-order chi connectivity index (χ1) is 29.6. The summed E-state index contributed by atoms with van der Waals surface area (Å²) in [6.45, 7) is 26.1. The van der Waals surface area contributed by atoms with Gasteiger partial charge in [-0.25, -0.2) is 0 Å². The second kappa shape index (κ2) is 22.5. The summed E-state index contributed by atoms with van der Waals surface area (Å²) in [5, 5.41) is 10.9. The van der Waals surface area contributed by atoms with Gasteiger partial charge in [0, 0.05) is 29.3 Å². The highest BCUT2D eigenvalue weighted by Gasteiger charge is 2.46. The Bertz CT molecular complexity index is 2380. The maximum absolute atomic E-state index is 12.6. The van der Waals surface area contributed by atoms with Crippen molar-refractivity contribution >= 4 is 23.4 Å². The maximum Gasteiger partial charge on any atom is 0.265 e. The largest absolute Gasteiger partial charge is 0.457 e. The van der Waals surface area contributed by atoms with Crippen LogP contribution >= 0.6 is 0 Å². The molecule has 7 heteroatoms. The number of hydrogen-bond acceptors (Lipinski definition) is 5. The first kappa shape index (κ1) is 50.0. The Labute approximate surface area is 371 Å². The van der Waals surface area contributed by atoms with Crippen molar-refractivity contribution in [1.82, 2.24) is 4.90 Å².